The minimum absolute atomic E-state index is 0.0444. The molecule has 0 amide bonds. The van der Waals surface area contributed by atoms with Crippen LogP contribution in [0.25, 0.3) is 44.5 Å². The number of aryl methyl sites for hydroxylation is 1. The molecule has 9 nitrogen and oxygen atoms in total. The molecule has 0 spiro atoms. The second-order valence-electron chi connectivity index (χ2n) is 9.37. The van der Waals surface area contributed by atoms with Crippen LogP contribution in [0.5, 0.6) is 0 Å². The zero-order chi connectivity index (χ0) is 25.7. The van der Waals surface area contributed by atoms with Crippen molar-refractivity contribution < 1.29 is 0 Å². The predicted molar refractivity (Wildman–Crippen MR) is 142 cm³/mol. The van der Waals surface area contributed by atoms with Crippen LogP contribution in [0.1, 0.15) is 31.0 Å². The van der Waals surface area contributed by atoms with Crippen molar-refractivity contribution in [1.82, 2.24) is 33.9 Å². The molecule has 5 heterocycles. The molecular weight excluding hydrogens is 464 g/mol. The lowest BCUT2D eigenvalue weighted by Crippen LogP contribution is -2.23. The maximum atomic E-state index is 13.2. The first-order valence-corrected chi connectivity index (χ1v) is 12.0. The summed E-state index contributed by atoms with van der Waals surface area (Å²) in [6, 6.07) is 13.6. The van der Waals surface area contributed by atoms with E-state index in [9.17, 15) is 10.1 Å². The summed E-state index contributed by atoms with van der Waals surface area (Å²) >= 11 is 0. The van der Waals surface area contributed by atoms with E-state index >= 15 is 0 Å². The molecule has 0 aliphatic heterocycles. The highest BCUT2D eigenvalue weighted by molar-refractivity contribution is 6.14. The molecular formula is C28H24N8O. The number of benzene rings is 1. The molecule has 0 bridgehead atoms. The van der Waals surface area contributed by atoms with Crippen LogP contribution in [0.2, 0.25) is 0 Å². The number of nitrogens with one attached hydrogen (secondary N) is 1. The van der Waals surface area contributed by atoms with Gasteiger partial charge in [0.05, 0.1) is 52.7 Å². The van der Waals surface area contributed by atoms with E-state index in [2.05, 4.69) is 21.1 Å². The zero-order valence-corrected chi connectivity index (χ0v) is 20.7. The number of hydrogen-bond donors (Lipinski definition) is 1. The standard InChI is InChI=1S/C28H24N8O/c1-17(2)36-26-22(34(3)28(36)37)14-31-27-24(26)23(20-6-4-18(12-29)5-7-20)25(33-27)21-13-32-35(16-21)15-19-8-10-30-11-9-19/h4-11,13-14,16-17H,15H2,1-3H3,(H,31,33). The van der Waals surface area contributed by atoms with Gasteiger partial charge in [-0.2, -0.15) is 10.4 Å². The van der Waals surface area contributed by atoms with Gasteiger partial charge in [-0.05, 0) is 49.2 Å². The highest BCUT2D eigenvalue weighted by Gasteiger charge is 2.24. The number of nitriles is 1. The van der Waals surface area contributed by atoms with Gasteiger partial charge < -0.3 is 4.98 Å². The van der Waals surface area contributed by atoms with Crippen molar-refractivity contribution in [3.05, 3.63) is 89.0 Å². The highest BCUT2D eigenvalue weighted by Crippen LogP contribution is 2.41. The maximum Gasteiger partial charge on any atom is 0.329 e. The van der Waals surface area contributed by atoms with E-state index in [1.165, 1.54) is 0 Å². The van der Waals surface area contributed by atoms with Crippen molar-refractivity contribution >= 4 is 22.1 Å². The largest absolute Gasteiger partial charge is 0.339 e. The summed E-state index contributed by atoms with van der Waals surface area (Å²) in [6.45, 7) is 4.62. The first-order chi connectivity index (χ1) is 18.0. The van der Waals surface area contributed by atoms with Crippen LogP contribution in [-0.2, 0) is 13.6 Å². The summed E-state index contributed by atoms with van der Waals surface area (Å²) in [5, 5.41) is 14.8. The van der Waals surface area contributed by atoms with E-state index in [0.717, 1.165) is 44.4 Å². The van der Waals surface area contributed by atoms with Crippen molar-refractivity contribution in [2.24, 2.45) is 7.05 Å². The maximum absolute atomic E-state index is 13.2. The van der Waals surface area contributed by atoms with Gasteiger partial charge in [-0.15, -0.1) is 0 Å². The van der Waals surface area contributed by atoms with Crippen molar-refractivity contribution in [3.8, 4) is 28.5 Å². The molecule has 1 aromatic carbocycles. The smallest absolute Gasteiger partial charge is 0.329 e. The Morgan fingerprint density at radius 2 is 1.81 bits per heavy atom. The Morgan fingerprint density at radius 3 is 2.51 bits per heavy atom. The number of rotatable bonds is 5. The quantitative estimate of drug-likeness (QED) is 0.380. The number of nitrogens with zero attached hydrogens (tertiary/aromatic N) is 7. The molecule has 0 aliphatic carbocycles. The van der Waals surface area contributed by atoms with Gasteiger partial charge in [-0.3, -0.25) is 18.8 Å². The van der Waals surface area contributed by atoms with E-state index in [1.54, 1.807) is 42.3 Å². The van der Waals surface area contributed by atoms with Crippen LogP contribution in [0, 0.1) is 11.3 Å². The van der Waals surface area contributed by atoms with Crippen LogP contribution < -0.4 is 5.69 Å². The number of imidazole rings is 1. The third kappa shape index (κ3) is 3.62. The Kier molecular flexibility index (Phi) is 5.23. The number of pyridine rings is 2. The number of hydrogen-bond acceptors (Lipinski definition) is 5. The Bertz CT molecular complexity index is 1860. The highest BCUT2D eigenvalue weighted by atomic mass is 16.1. The molecule has 9 heteroatoms. The fraction of sp³-hybridized carbons (Fsp3) is 0.179. The van der Waals surface area contributed by atoms with Gasteiger partial charge >= 0.3 is 5.69 Å². The average molecular weight is 489 g/mol. The lowest BCUT2D eigenvalue weighted by molar-refractivity contribution is 0.584. The normalized spacial score (nSPS) is 11.5. The molecule has 5 aromatic heterocycles. The van der Waals surface area contributed by atoms with Crippen molar-refractivity contribution in [2.75, 3.05) is 0 Å². The average Bonchev–Trinajstić information content (AvgIpc) is 3.59. The van der Waals surface area contributed by atoms with E-state index in [1.807, 2.05) is 59.8 Å². The third-order valence-electron chi connectivity index (χ3n) is 6.71. The molecule has 0 fully saturated rings. The molecule has 0 atom stereocenters. The van der Waals surface area contributed by atoms with Crippen LogP contribution in [-0.4, -0.2) is 33.9 Å². The van der Waals surface area contributed by atoms with E-state index in [0.29, 0.717) is 17.8 Å². The van der Waals surface area contributed by atoms with Gasteiger partial charge in [0.15, 0.2) is 0 Å². The molecule has 0 aliphatic rings. The molecule has 37 heavy (non-hydrogen) atoms. The summed E-state index contributed by atoms with van der Waals surface area (Å²) in [7, 11) is 1.77. The van der Waals surface area contributed by atoms with Gasteiger partial charge in [0, 0.05) is 42.8 Å². The molecule has 0 saturated carbocycles. The predicted octanol–water partition coefficient (Wildman–Crippen LogP) is 4.64. The zero-order valence-electron chi connectivity index (χ0n) is 20.7. The monoisotopic (exact) mass is 488 g/mol. The van der Waals surface area contributed by atoms with E-state index in [4.69, 9.17) is 4.98 Å². The molecule has 1 N–H and O–H groups in total. The molecule has 6 aromatic rings. The summed E-state index contributed by atoms with van der Waals surface area (Å²) in [5.74, 6) is 0. The van der Waals surface area contributed by atoms with Gasteiger partial charge in [0.2, 0.25) is 0 Å². The van der Waals surface area contributed by atoms with Gasteiger partial charge in [0.1, 0.15) is 5.65 Å². The lowest BCUT2D eigenvalue weighted by Gasteiger charge is -2.10. The SMILES string of the molecule is CC(C)n1c(=O)n(C)c2cnc3[nH]c(-c4cnn(Cc5ccncc5)c4)c(-c4ccc(C#N)cc4)c3c21. The molecule has 6 rings (SSSR count). The second-order valence-corrected chi connectivity index (χ2v) is 9.37. The Hall–Kier alpha value is -4.97. The molecule has 182 valence electrons. The number of aromatic nitrogens is 7. The second kappa shape index (κ2) is 8.60. The Balaban J connectivity index is 1.64. The van der Waals surface area contributed by atoms with Crippen LogP contribution in [0.3, 0.4) is 0 Å². The van der Waals surface area contributed by atoms with Crippen molar-refractivity contribution in [3.63, 3.8) is 0 Å². The Labute approximate surface area is 212 Å². The number of fused-ring (bicyclic) bond motifs is 3. The van der Waals surface area contributed by atoms with Crippen molar-refractivity contribution in [1.29, 1.82) is 5.26 Å². The van der Waals surface area contributed by atoms with Crippen molar-refractivity contribution in [2.45, 2.75) is 26.4 Å². The summed E-state index contributed by atoms with van der Waals surface area (Å²) < 4.78 is 5.34. The summed E-state index contributed by atoms with van der Waals surface area (Å²) in [4.78, 5) is 25.5. The first-order valence-electron chi connectivity index (χ1n) is 12.0. The lowest BCUT2D eigenvalue weighted by atomic mass is 9.98. The van der Waals surface area contributed by atoms with E-state index in [-0.39, 0.29) is 11.7 Å². The third-order valence-corrected chi connectivity index (χ3v) is 6.71. The fourth-order valence-electron chi connectivity index (χ4n) is 4.93. The van der Waals surface area contributed by atoms with Crippen LogP contribution >= 0.6 is 0 Å². The minimum atomic E-state index is -0.0852. The van der Waals surface area contributed by atoms with Gasteiger partial charge in [-0.25, -0.2) is 9.78 Å². The van der Waals surface area contributed by atoms with Crippen LogP contribution in [0.15, 0.2) is 72.2 Å². The van der Waals surface area contributed by atoms with Gasteiger partial charge in [-0.1, -0.05) is 12.1 Å². The Morgan fingerprint density at radius 1 is 1.05 bits per heavy atom. The molecule has 0 radical (unpaired) electrons. The van der Waals surface area contributed by atoms with Gasteiger partial charge in [0.25, 0.3) is 0 Å². The topological polar surface area (TPSA) is 110 Å². The first kappa shape index (κ1) is 22.5. The van der Waals surface area contributed by atoms with E-state index < -0.39 is 0 Å². The van der Waals surface area contributed by atoms with Crippen LogP contribution in [0.4, 0.5) is 0 Å². The fourth-order valence-corrected chi connectivity index (χ4v) is 4.93. The molecule has 0 saturated heterocycles. The number of aromatic amines is 1. The minimum Gasteiger partial charge on any atom is -0.339 e. The summed E-state index contributed by atoms with van der Waals surface area (Å²) in [6.07, 6.45) is 9.11. The molecule has 0 unspecified atom stereocenters. The summed E-state index contributed by atoms with van der Waals surface area (Å²) in [5.41, 5.74) is 7.46. The number of H-pyrrole nitrogens is 1.